The maximum atomic E-state index is 10.0. The van der Waals surface area contributed by atoms with Crippen LogP contribution in [0.25, 0.3) is 0 Å². The highest BCUT2D eigenvalue weighted by atomic mass is 79.9. The second-order valence-corrected chi connectivity index (χ2v) is 4.45. The lowest BCUT2D eigenvalue weighted by molar-refractivity contribution is -0.474. The number of hydrogen-bond acceptors (Lipinski definition) is 3. The van der Waals surface area contributed by atoms with Crippen molar-refractivity contribution in [1.82, 2.24) is 0 Å². The molecule has 70 valence electrons. The fourth-order valence-corrected chi connectivity index (χ4v) is 2.21. The van der Waals surface area contributed by atoms with Crippen LogP contribution in [0.2, 0.25) is 0 Å². The summed E-state index contributed by atoms with van der Waals surface area (Å²) in [6.45, 7) is 0.0111. The summed E-state index contributed by atoms with van der Waals surface area (Å²) in [5.74, 6) is 0.517. The molecule has 0 saturated carbocycles. The highest BCUT2D eigenvalue weighted by molar-refractivity contribution is 9.10. The Balaban J connectivity index is 2.41. The van der Waals surface area contributed by atoms with E-state index in [1.165, 1.54) is 11.8 Å². The van der Waals surface area contributed by atoms with E-state index < -0.39 is 0 Å². The molecule has 5 heteroatoms. The molecule has 1 aromatic rings. The Morgan fingerprint density at radius 2 is 2.31 bits per heavy atom. The van der Waals surface area contributed by atoms with E-state index >= 15 is 0 Å². The molecule has 13 heavy (non-hydrogen) atoms. The first-order valence-electron chi connectivity index (χ1n) is 3.68. The standard InChI is InChI=1S/C8H8BrNO2S/c9-7-2-1-3-8(6-7)13-5-4-10(11)12/h1-3,6H,4-5H2. The van der Waals surface area contributed by atoms with E-state index in [9.17, 15) is 10.1 Å². The lowest BCUT2D eigenvalue weighted by atomic mass is 10.4. The zero-order valence-corrected chi connectivity index (χ0v) is 9.18. The highest BCUT2D eigenvalue weighted by Gasteiger charge is 1.99. The van der Waals surface area contributed by atoms with Crippen molar-refractivity contribution in [3.63, 3.8) is 0 Å². The van der Waals surface area contributed by atoms with Crippen LogP contribution in [0.3, 0.4) is 0 Å². The van der Waals surface area contributed by atoms with Gasteiger partial charge in [0.05, 0.1) is 5.75 Å². The summed E-state index contributed by atoms with van der Waals surface area (Å²) in [5.41, 5.74) is 0. The van der Waals surface area contributed by atoms with Gasteiger partial charge in [-0.3, -0.25) is 10.1 Å². The Morgan fingerprint density at radius 1 is 1.54 bits per heavy atom. The highest BCUT2D eigenvalue weighted by Crippen LogP contribution is 2.21. The molecule has 1 rings (SSSR count). The van der Waals surface area contributed by atoms with E-state index in [0.717, 1.165) is 9.37 Å². The maximum Gasteiger partial charge on any atom is 0.213 e. The van der Waals surface area contributed by atoms with E-state index in [1.807, 2.05) is 24.3 Å². The molecule has 0 aliphatic carbocycles. The van der Waals surface area contributed by atoms with Crippen molar-refractivity contribution in [1.29, 1.82) is 0 Å². The Morgan fingerprint density at radius 3 is 2.92 bits per heavy atom. The molecule has 0 saturated heterocycles. The molecule has 3 nitrogen and oxygen atoms in total. The van der Waals surface area contributed by atoms with Crippen molar-refractivity contribution in [3.05, 3.63) is 38.9 Å². The van der Waals surface area contributed by atoms with Crippen molar-refractivity contribution in [2.75, 3.05) is 12.3 Å². The third-order valence-electron chi connectivity index (χ3n) is 1.34. The molecule has 0 spiro atoms. The number of halogens is 1. The summed E-state index contributed by atoms with van der Waals surface area (Å²) in [6, 6.07) is 7.73. The minimum atomic E-state index is -0.301. The van der Waals surface area contributed by atoms with Crippen molar-refractivity contribution in [2.45, 2.75) is 4.90 Å². The third-order valence-corrected chi connectivity index (χ3v) is 2.81. The van der Waals surface area contributed by atoms with Crippen LogP contribution in [0.15, 0.2) is 33.6 Å². The first-order chi connectivity index (χ1) is 6.18. The van der Waals surface area contributed by atoms with Crippen LogP contribution >= 0.6 is 27.7 Å². The summed E-state index contributed by atoms with van der Waals surface area (Å²) < 4.78 is 0.999. The number of hydrogen-bond donors (Lipinski definition) is 0. The number of nitrogens with zero attached hydrogens (tertiary/aromatic N) is 1. The van der Waals surface area contributed by atoms with Crippen LogP contribution < -0.4 is 0 Å². The van der Waals surface area contributed by atoms with Gasteiger partial charge in [-0.15, -0.1) is 11.8 Å². The van der Waals surface area contributed by atoms with Gasteiger partial charge >= 0.3 is 0 Å². The summed E-state index contributed by atoms with van der Waals surface area (Å²) >= 11 is 4.83. The van der Waals surface area contributed by atoms with E-state index in [0.29, 0.717) is 5.75 Å². The molecule has 0 aromatic heterocycles. The van der Waals surface area contributed by atoms with Crippen molar-refractivity contribution in [3.8, 4) is 0 Å². The third kappa shape index (κ3) is 4.28. The fourth-order valence-electron chi connectivity index (χ4n) is 0.795. The largest absolute Gasteiger partial charge is 0.265 e. The van der Waals surface area contributed by atoms with Crippen LogP contribution in [0.4, 0.5) is 0 Å². The van der Waals surface area contributed by atoms with E-state index in [1.54, 1.807) is 0 Å². The predicted molar refractivity (Wildman–Crippen MR) is 56.7 cm³/mol. The topological polar surface area (TPSA) is 43.1 Å². The Bertz CT molecular complexity index is 306. The molecule has 0 radical (unpaired) electrons. The zero-order chi connectivity index (χ0) is 9.68. The van der Waals surface area contributed by atoms with E-state index in [-0.39, 0.29) is 11.5 Å². The van der Waals surface area contributed by atoms with Gasteiger partial charge < -0.3 is 0 Å². The number of thioether (sulfide) groups is 1. The molecule has 0 amide bonds. The van der Waals surface area contributed by atoms with Crippen LogP contribution in [0, 0.1) is 10.1 Å². The Labute approximate surface area is 88.8 Å². The predicted octanol–water partition coefficient (Wildman–Crippen LogP) is 2.82. The summed E-state index contributed by atoms with van der Waals surface area (Å²) in [6.07, 6.45) is 0. The molecule has 0 unspecified atom stereocenters. The molecule has 0 aliphatic heterocycles. The quantitative estimate of drug-likeness (QED) is 0.476. The maximum absolute atomic E-state index is 10.0. The van der Waals surface area contributed by atoms with Crippen LogP contribution in [0.5, 0.6) is 0 Å². The lowest BCUT2D eigenvalue weighted by Crippen LogP contribution is -2.02. The normalized spacial score (nSPS) is 9.92. The summed E-state index contributed by atoms with van der Waals surface area (Å²) in [7, 11) is 0. The lowest BCUT2D eigenvalue weighted by Gasteiger charge is -1.98. The molecule has 0 atom stereocenters. The molecular formula is C8H8BrNO2S. The molecule has 0 aliphatic rings. The second kappa shape index (κ2) is 5.24. The molecule has 1 aromatic carbocycles. The summed E-state index contributed by atoms with van der Waals surface area (Å²) in [4.78, 5) is 10.8. The molecular weight excluding hydrogens is 254 g/mol. The number of nitro groups is 1. The fraction of sp³-hybridized carbons (Fsp3) is 0.250. The number of rotatable bonds is 4. The van der Waals surface area contributed by atoms with Gasteiger partial charge in [-0.25, -0.2) is 0 Å². The van der Waals surface area contributed by atoms with Gasteiger partial charge in [0.25, 0.3) is 0 Å². The van der Waals surface area contributed by atoms with Crippen molar-refractivity contribution >= 4 is 27.7 Å². The van der Waals surface area contributed by atoms with Gasteiger partial charge in [0.15, 0.2) is 0 Å². The minimum Gasteiger partial charge on any atom is -0.265 e. The molecule has 0 N–H and O–H groups in total. The SMILES string of the molecule is O=[N+]([O-])CCSc1cccc(Br)c1. The van der Waals surface area contributed by atoms with Gasteiger partial charge in [0.1, 0.15) is 0 Å². The Kier molecular flexibility index (Phi) is 4.24. The van der Waals surface area contributed by atoms with Gasteiger partial charge in [0, 0.05) is 14.3 Å². The molecule has 0 bridgehead atoms. The van der Waals surface area contributed by atoms with E-state index in [4.69, 9.17) is 0 Å². The Hall–Kier alpha value is -0.550. The average molecular weight is 262 g/mol. The van der Waals surface area contributed by atoms with Gasteiger partial charge in [-0.05, 0) is 18.2 Å². The minimum absolute atomic E-state index is 0.0111. The van der Waals surface area contributed by atoms with Crippen LogP contribution in [-0.4, -0.2) is 17.2 Å². The van der Waals surface area contributed by atoms with Crippen LogP contribution in [0.1, 0.15) is 0 Å². The van der Waals surface area contributed by atoms with Crippen molar-refractivity contribution < 1.29 is 4.92 Å². The summed E-state index contributed by atoms with van der Waals surface area (Å²) in [5, 5.41) is 10.0. The van der Waals surface area contributed by atoms with Gasteiger partial charge in [-0.1, -0.05) is 22.0 Å². The average Bonchev–Trinajstić information content (AvgIpc) is 2.03. The smallest absolute Gasteiger partial charge is 0.213 e. The van der Waals surface area contributed by atoms with Gasteiger partial charge in [-0.2, -0.15) is 0 Å². The monoisotopic (exact) mass is 261 g/mol. The number of benzene rings is 1. The van der Waals surface area contributed by atoms with E-state index in [2.05, 4.69) is 15.9 Å². The molecule has 0 fully saturated rings. The van der Waals surface area contributed by atoms with Crippen LogP contribution in [-0.2, 0) is 0 Å². The second-order valence-electron chi connectivity index (χ2n) is 2.36. The molecule has 0 heterocycles. The zero-order valence-electron chi connectivity index (χ0n) is 6.77. The first kappa shape index (κ1) is 10.5. The first-order valence-corrected chi connectivity index (χ1v) is 5.46. The van der Waals surface area contributed by atoms with Crippen molar-refractivity contribution in [2.24, 2.45) is 0 Å². The van der Waals surface area contributed by atoms with Gasteiger partial charge in [0.2, 0.25) is 6.54 Å².